The van der Waals surface area contributed by atoms with Crippen LogP contribution in [0.15, 0.2) is 54.7 Å². The van der Waals surface area contributed by atoms with Gasteiger partial charge in [0.05, 0.1) is 24.4 Å². The summed E-state index contributed by atoms with van der Waals surface area (Å²) in [7, 11) is 0. The van der Waals surface area contributed by atoms with Crippen LogP contribution < -0.4 is 15.4 Å². The van der Waals surface area contributed by atoms with Gasteiger partial charge in [-0.1, -0.05) is 47.1 Å². The van der Waals surface area contributed by atoms with Crippen molar-refractivity contribution < 1.29 is 23.9 Å². The van der Waals surface area contributed by atoms with Crippen molar-refractivity contribution in [2.24, 2.45) is 0 Å². The zero-order chi connectivity index (χ0) is 31.6. The Morgan fingerprint density at radius 2 is 1.87 bits per heavy atom. The maximum Gasteiger partial charge on any atom is 0.251 e. The number of fused-ring (bicyclic) bond motifs is 14. The SMILES string of the molecule is O=C1N[C@@H](Cc2ccccc2)C(=O)NCCCN(C(=O)CCN2CCCC2=O)Cc2cn(nn2)CCCOc2ccc1cc2Cl. The standard InChI is InChI=1S/C32H38ClN7O5/c33-26-20-24-10-11-28(26)45-18-6-16-40-22-25(36-37-40)21-39(30(42)12-17-38-14-4-9-29(38)41)15-5-13-34-32(44)27(35-31(24)43)19-23-7-2-1-3-8-23/h1-3,7-8,10-11,20,22,27H,4-6,9,12-19,21H2,(H,34,44)(H,35,43)/t27-/m0/s1. The average molecular weight is 636 g/mol. The van der Waals surface area contributed by atoms with Gasteiger partial charge in [0.15, 0.2) is 0 Å². The molecule has 2 aromatic carbocycles. The van der Waals surface area contributed by atoms with Crippen molar-refractivity contribution in [2.75, 3.05) is 32.8 Å². The van der Waals surface area contributed by atoms with Gasteiger partial charge in [0.1, 0.15) is 17.5 Å². The van der Waals surface area contributed by atoms with E-state index in [1.165, 1.54) is 6.07 Å². The normalized spacial score (nSPS) is 18.6. The van der Waals surface area contributed by atoms with E-state index >= 15 is 0 Å². The highest BCUT2D eigenvalue weighted by atomic mass is 35.5. The van der Waals surface area contributed by atoms with E-state index in [1.54, 1.807) is 26.6 Å². The van der Waals surface area contributed by atoms with E-state index in [0.29, 0.717) is 87.0 Å². The molecule has 1 atom stereocenters. The first-order chi connectivity index (χ1) is 21.9. The van der Waals surface area contributed by atoms with Gasteiger partial charge in [-0.3, -0.25) is 23.9 Å². The fourth-order valence-corrected chi connectivity index (χ4v) is 5.65. The summed E-state index contributed by atoms with van der Waals surface area (Å²) in [4.78, 5) is 55.4. The fourth-order valence-electron chi connectivity index (χ4n) is 5.41. The van der Waals surface area contributed by atoms with Crippen LogP contribution in [0.5, 0.6) is 5.75 Å². The summed E-state index contributed by atoms with van der Waals surface area (Å²) in [5, 5.41) is 14.5. The molecule has 0 radical (unpaired) electrons. The predicted molar refractivity (Wildman–Crippen MR) is 166 cm³/mol. The number of aromatic nitrogens is 3. The zero-order valence-corrected chi connectivity index (χ0v) is 25.9. The molecule has 45 heavy (non-hydrogen) atoms. The second-order valence-electron chi connectivity index (χ2n) is 11.2. The van der Waals surface area contributed by atoms with E-state index in [2.05, 4.69) is 20.9 Å². The second-order valence-corrected chi connectivity index (χ2v) is 11.6. The third-order valence-corrected chi connectivity index (χ3v) is 8.15. The summed E-state index contributed by atoms with van der Waals surface area (Å²) >= 11 is 6.44. The van der Waals surface area contributed by atoms with Crippen molar-refractivity contribution in [2.45, 2.75) is 57.7 Å². The molecular formula is C32H38ClN7O5. The molecule has 13 heteroatoms. The van der Waals surface area contributed by atoms with Crippen LogP contribution in [0.3, 0.4) is 0 Å². The van der Waals surface area contributed by atoms with E-state index in [-0.39, 0.29) is 30.7 Å². The minimum absolute atomic E-state index is 0.0788. The first-order valence-electron chi connectivity index (χ1n) is 15.3. The average Bonchev–Trinajstić information content (AvgIpc) is 3.67. The van der Waals surface area contributed by atoms with Crippen LogP contribution in [0.1, 0.15) is 53.7 Å². The van der Waals surface area contributed by atoms with Crippen LogP contribution in [0.4, 0.5) is 0 Å². The number of nitrogens with zero attached hydrogens (tertiary/aromatic N) is 5. The Morgan fingerprint density at radius 1 is 1.02 bits per heavy atom. The number of rotatable bonds is 5. The number of nitrogens with one attached hydrogen (secondary N) is 2. The Bertz CT molecular complexity index is 1500. The summed E-state index contributed by atoms with van der Waals surface area (Å²) in [5.74, 6) is -0.340. The van der Waals surface area contributed by atoms with E-state index in [9.17, 15) is 19.2 Å². The molecule has 3 aliphatic rings. The number of carbonyl (C=O) groups is 4. The molecule has 3 aliphatic heterocycles. The summed E-state index contributed by atoms with van der Waals surface area (Å²) in [5.41, 5.74) is 1.84. The Kier molecular flexibility index (Phi) is 11.0. The number of likely N-dealkylation sites (tertiary alicyclic amines) is 1. The molecule has 3 aromatic rings. The molecule has 4 bridgehead atoms. The lowest BCUT2D eigenvalue weighted by Gasteiger charge is -2.24. The highest BCUT2D eigenvalue weighted by Crippen LogP contribution is 2.26. The molecule has 2 N–H and O–H groups in total. The molecular weight excluding hydrogens is 598 g/mol. The van der Waals surface area contributed by atoms with Crippen LogP contribution in [0.25, 0.3) is 0 Å². The first kappa shape index (κ1) is 32.0. The highest BCUT2D eigenvalue weighted by molar-refractivity contribution is 6.32. The van der Waals surface area contributed by atoms with Gasteiger partial charge >= 0.3 is 0 Å². The molecule has 4 amide bonds. The van der Waals surface area contributed by atoms with Gasteiger partial charge in [-0.2, -0.15) is 0 Å². The second kappa shape index (κ2) is 15.5. The first-order valence-corrected chi connectivity index (χ1v) is 15.7. The van der Waals surface area contributed by atoms with Gasteiger partial charge in [-0.15, -0.1) is 5.10 Å². The third-order valence-electron chi connectivity index (χ3n) is 7.85. The van der Waals surface area contributed by atoms with E-state index in [4.69, 9.17) is 16.3 Å². The molecule has 0 saturated carbocycles. The van der Waals surface area contributed by atoms with Gasteiger partial charge in [0.2, 0.25) is 17.7 Å². The maximum absolute atomic E-state index is 13.4. The Balaban J connectivity index is 1.31. The zero-order valence-electron chi connectivity index (χ0n) is 25.1. The monoisotopic (exact) mass is 635 g/mol. The minimum Gasteiger partial charge on any atom is -0.492 e. The summed E-state index contributed by atoms with van der Waals surface area (Å²) in [6.07, 6.45) is 4.75. The minimum atomic E-state index is -0.838. The van der Waals surface area contributed by atoms with Crippen molar-refractivity contribution in [3.8, 4) is 5.75 Å². The van der Waals surface area contributed by atoms with E-state index in [1.807, 2.05) is 36.5 Å². The Morgan fingerprint density at radius 3 is 2.64 bits per heavy atom. The van der Waals surface area contributed by atoms with Crippen LogP contribution in [0, 0.1) is 0 Å². The highest BCUT2D eigenvalue weighted by Gasteiger charge is 2.24. The summed E-state index contributed by atoms with van der Waals surface area (Å²) < 4.78 is 7.55. The molecule has 238 valence electrons. The van der Waals surface area contributed by atoms with Gasteiger partial charge in [-0.05, 0) is 36.6 Å². The van der Waals surface area contributed by atoms with E-state index < -0.39 is 11.9 Å². The lowest BCUT2D eigenvalue weighted by atomic mass is 10.0. The number of aryl methyl sites for hydroxylation is 1. The molecule has 1 fully saturated rings. The smallest absolute Gasteiger partial charge is 0.251 e. The molecule has 1 aromatic heterocycles. The van der Waals surface area contributed by atoms with Gasteiger partial charge < -0.3 is 25.2 Å². The van der Waals surface area contributed by atoms with Crippen LogP contribution in [0.2, 0.25) is 5.02 Å². The van der Waals surface area contributed by atoms with Crippen LogP contribution in [-0.2, 0) is 33.9 Å². The van der Waals surface area contributed by atoms with Gasteiger partial charge in [0.25, 0.3) is 5.91 Å². The molecule has 0 aliphatic carbocycles. The Labute approximate surface area is 267 Å². The van der Waals surface area contributed by atoms with Crippen molar-refractivity contribution in [1.29, 1.82) is 0 Å². The number of benzene rings is 2. The van der Waals surface area contributed by atoms with Crippen molar-refractivity contribution >= 4 is 35.2 Å². The molecule has 6 rings (SSSR count). The van der Waals surface area contributed by atoms with E-state index in [0.717, 1.165) is 12.0 Å². The van der Waals surface area contributed by atoms with Gasteiger partial charge in [0, 0.05) is 64.0 Å². The summed E-state index contributed by atoms with van der Waals surface area (Å²) in [6, 6.07) is 13.4. The van der Waals surface area contributed by atoms with Crippen molar-refractivity contribution in [3.63, 3.8) is 0 Å². The maximum atomic E-state index is 13.4. The number of hydrogen-bond acceptors (Lipinski definition) is 7. The fraction of sp³-hybridized carbons (Fsp3) is 0.438. The molecule has 4 heterocycles. The number of halogens is 1. The number of amides is 4. The molecule has 1 saturated heterocycles. The molecule has 0 spiro atoms. The molecule has 0 unspecified atom stereocenters. The number of hydrogen-bond donors (Lipinski definition) is 2. The summed E-state index contributed by atoms with van der Waals surface area (Å²) in [6.45, 7) is 2.88. The topological polar surface area (TPSA) is 139 Å². The molecule has 12 nitrogen and oxygen atoms in total. The van der Waals surface area contributed by atoms with Crippen molar-refractivity contribution in [3.05, 3.63) is 76.6 Å². The lowest BCUT2D eigenvalue weighted by molar-refractivity contribution is -0.133. The Hall–Kier alpha value is -4.45. The van der Waals surface area contributed by atoms with Crippen LogP contribution >= 0.6 is 11.6 Å². The number of carbonyl (C=O) groups excluding carboxylic acids is 4. The lowest BCUT2D eigenvalue weighted by Crippen LogP contribution is -2.48. The van der Waals surface area contributed by atoms with Gasteiger partial charge in [-0.25, -0.2) is 0 Å². The largest absolute Gasteiger partial charge is 0.492 e. The predicted octanol–water partition coefficient (Wildman–Crippen LogP) is 2.60. The third kappa shape index (κ3) is 9.04. The van der Waals surface area contributed by atoms with Crippen molar-refractivity contribution in [1.82, 2.24) is 35.4 Å². The van der Waals surface area contributed by atoms with Crippen LogP contribution in [-0.4, -0.2) is 87.3 Å². The number of ether oxygens (including phenoxy) is 1. The quantitative estimate of drug-likeness (QED) is 0.439.